The largest absolute Gasteiger partial charge is 0.376 e. The van der Waals surface area contributed by atoms with Crippen LogP contribution in [0, 0.1) is 13.8 Å². The van der Waals surface area contributed by atoms with E-state index in [1.807, 2.05) is 30.9 Å². The van der Waals surface area contributed by atoms with Crippen molar-refractivity contribution in [2.75, 3.05) is 11.5 Å². The van der Waals surface area contributed by atoms with Gasteiger partial charge in [0.05, 0.1) is 23.6 Å². The quantitative estimate of drug-likeness (QED) is 0.709. The summed E-state index contributed by atoms with van der Waals surface area (Å²) in [5, 5.41) is 0.726. The minimum absolute atomic E-state index is 0.157. The number of para-hydroxylation sites is 1. The SMILES string of the molecule is Cc1nc(S[C@H](C)C(=O)N2c3ccccc3C[C@H]2C)n(C[C@H]2CCCO2)c1C. The second-order valence-electron chi connectivity index (χ2n) is 7.96. The number of carbonyl (C=O) groups is 1. The van der Waals surface area contributed by atoms with E-state index in [9.17, 15) is 4.79 Å². The fourth-order valence-corrected chi connectivity index (χ4v) is 5.29. The number of thioether (sulfide) groups is 1. The van der Waals surface area contributed by atoms with Crippen LogP contribution < -0.4 is 4.90 Å². The molecule has 0 saturated carbocycles. The Hall–Kier alpha value is -1.79. The van der Waals surface area contributed by atoms with Gasteiger partial charge in [-0.2, -0.15) is 0 Å². The monoisotopic (exact) mass is 399 g/mol. The van der Waals surface area contributed by atoms with Crippen molar-refractivity contribution in [2.45, 2.75) is 76.1 Å². The predicted octanol–water partition coefficient (Wildman–Crippen LogP) is 4.14. The van der Waals surface area contributed by atoms with Crippen LogP contribution in [0.1, 0.15) is 43.6 Å². The van der Waals surface area contributed by atoms with Crippen LogP contribution in [-0.4, -0.2) is 39.5 Å². The van der Waals surface area contributed by atoms with E-state index in [4.69, 9.17) is 9.72 Å². The van der Waals surface area contributed by atoms with Crippen molar-refractivity contribution in [1.29, 1.82) is 0 Å². The number of aryl methyl sites for hydroxylation is 1. The molecule has 0 unspecified atom stereocenters. The number of hydrogen-bond donors (Lipinski definition) is 0. The van der Waals surface area contributed by atoms with Gasteiger partial charge in [0.2, 0.25) is 5.91 Å². The molecule has 28 heavy (non-hydrogen) atoms. The number of amides is 1. The van der Waals surface area contributed by atoms with Crippen molar-refractivity contribution in [3.8, 4) is 0 Å². The summed E-state index contributed by atoms with van der Waals surface area (Å²) in [5.74, 6) is 0.157. The molecule has 0 spiro atoms. The molecule has 0 bridgehead atoms. The summed E-state index contributed by atoms with van der Waals surface area (Å²) < 4.78 is 8.07. The lowest BCUT2D eigenvalue weighted by Crippen LogP contribution is -2.40. The van der Waals surface area contributed by atoms with E-state index in [0.717, 1.165) is 54.6 Å². The first-order valence-electron chi connectivity index (χ1n) is 10.2. The van der Waals surface area contributed by atoms with E-state index in [0.29, 0.717) is 0 Å². The Morgan fingerprint density at radius 1 is 1.36 bits per heavy atom. The summed E-state index contributed by atoms with van der Waals surface area (Å²) in [6.07, 6.45) is 3.40. The highest BCUT2D eigenvalue weighted by Crippen LogP contribution is 2.35. The van der Waals surface area contributed by atoms with Crippen LogP contribution >= 0.6 is 11.8 Å². The second kappa shape index (κ2) is 7.91. The molecule has 6 heteroatoms. The Morgan fingerprint density at radius 2 is 2.14 bits per heavy atom. The molecular formula is C22H29N3O2S. The van der Waals surface area contributed by atoms with Crippen molar-refractivity contribution in [3.05, 3.63) is 41.2 Å². The molecule has 3 atom stereocenters. The third kappa shape index (κ3) is 3.60. The Bertz CT molecular complexity index is 873. The molecule has 1 fully saturated rings. The van der Waals surface area contributed by atoms with Crippen molar-refractivity contribution >= 4 is 23.4 Å². The molecule has 3 heterocycles. The van der Waals surface area contributed by atoms with Crippen molar-refractivity contribution in [1.82, 2.24) is 9.55 Å². The average molecular weight is 400 g/mol. The first-order valence-corrected chi connectivity index (χ1v) is 11.1. The zero-order chi connectivity index (χ0) is 19.8. The van der Waals surface area contributed by atoms with Gasteiger partial charge in [0.1, 0.15) is 0 Å². The number of rotatable bonds is 5. The van der Waals surface area contributed by atoms with E-state index in [1.165, 1.54) is 5.56 Å². The molecule has 0 N–H and O–H groups in total. The standard InChI is InChI=1S/C22H29N3O2S/c1-14-12-18-8-5-6-10-20(18)25(14)21(26)17(4)28-22-23-15(2)16(3)24(22)13-19-9-7-11-27-19/h5-6,8,10,14,17,19H,7,9,11-13H2,1-4H3/t14-,17-,19-/m1/s1. The van der Waals surface area contributed by atoms with E-state index < -0.39 is 0 Å². The van der Waals surface area contributed by atoms with Gasteiger partial charge in [-0.1, -0.05) is 30.0 Å². The van der Waals surface area contributed by atoms with Crippen LogP contribution in [0.5, 0.6) is 0 Å². The highest BCUT2D eigenvalue weighted by atomic mass is 32.2. The Morgan fingerprint density at radius 3 is 2.89 bits per heavy atom. The van der Waals surface area contributed by atoms with Gasteiger partial charge >= 0.3 is 0 Å². The third-order valence-electron chi connectivity index (χ3n) is 5.91. The number of anilines is 1. The maximum absolute atomic E-state index is 13.3. The van der Waals surface area contributed by atoms with Gasteiger partial charge in [0, 0.05) is 24.0 Å². The molecule has 1 saturated heterocycles. The first-order chi connectivity index (χ1) is 13.5. The van der Waals surface area contributed by atoms with Gasteiger partial charge in [-0.15, -0.1) is 0 Å². The van der Waals surface area contributed by atoms with Crippen LogP contribution in [0.2, 0.25) is 0 Å². The Labute approximate surface area is 171 Å². The molecule has 2 aromatic rings. The number of imidazole rings is 1. The van der Waals surface area contributed by atoms with E-state index >= 15 is 0 Å². The van der Waals surface area contributed by atoms with Gasteiger partial charge in [-0.05, 0) is 58.6 Å². The molecule has 150 valence electrons. The van der Waals surface area contributed by atoms with Gasteiger partial charge in [0.15, 0.2) is 5.16 Å². The predicted molar refractivity (Wildman–Crippen MR) is 113 cm³/mol. The van der Waals surface area contributed by atoms with Crippen LogP contribution in [0.3, 0.4) is 0 Å². The molecule has 1 aromatic heterocycles. The fraction of sp³-hybridized carbons (Fsp3) is 0.545. The van der Waals surface area contributed by atoms with Crippen LogP contribution in [0.4, 0.5) is 5.69 Å². The molecular weight excluding hydrogens is 370 g/mol. The van der Waals surface area contributed by atoms with E-state index in [1.54, 1.807) is 11.8 Å². The van der Waals surface area contributed by atoms with Gasteiger partial charge < -0.3 is 14.2 Å². The highest BCUT2D eigenvalue weighted by molar-refractivity contribution is 8.00. The van der Waals surface area contributed by atoms with E-state index in [-0.39, 0.29) is 23.3 Å². The summed E-state index contributed by atoms with van der Waals surface area (Å²) in [6, 6.07) is 8.43. The Kier molecular flexibility index (Phi) is 5.52. The van der Waals surface area contributed by atoms with Crippen molar-refractivity contribution in [3.63, 3.8) is 0 Å². The maximum atomic E-state index is 13.3. The molecule has 0 radical (unpaired) electrons. The maximum Gasteiger partial charge on any atom is 0.240 e. The molecule has 4 rings (SSSR count). The molecule has 2 aliphatic rings. The minimum atomic E-state index is -0.196. The van der Waals surface area contributed by atoms with Crippen LogP contribution in [-0.2, 0) is 22.5 Å². The van der Waals surface area contributed by atoms with Crippen molar-refractivity contribution in [2.24, 2.45) is 0 Å². The summed E-state index contributed by atoms with van der Waals surface area (Å²) in [5.41, 5.74) is 4.51. The average Bonchev–Trinajstić information content (AvgIpc) is 3.36. The van der Waals surface area contributed by atoms with Crippen LogP contribution in [0.15, 0.2) is 29.4 Å². The molecule has 1 aromatic carbocycles. The lowest BCUT2D eigenvalue weighted by molar-refractivity contribution is -0.118. The van der Waals surface area contributed by atoms with Crippen LogP contribution in [0.25, 0.3) is 0 Å². The molecule has 5 nitrogen and oxygen atoms in total. The normalized spacial score (nSPS) is 22.5. The van der Waals surface area contributed by atoms with Crippen molar-refractivity contribution < 1.29 is 9.53 Å². The first kappa shape index (κ1) is 19.5. The fourth-order valence-electron chi connectivity index (χ4n) is 4.23. The van der Waals surface area contributed by atoms with Gasteiger partial charge in [-0.25, -0.2) is 4.98 Å². The second-order valence-corrected chi connectivity index (χ2v) is 9.27. The number of aromatic nitrogens is 2. The topological polar surface area (TPSA) is 47.4 Å². The number of carbonyl (C=O) groups excluding carboxylic acids is 1. The number of nitrogens with zero attached hydrogens (tertiary/aromatic N) is 3. The number of benzene rings is 1. The summed E-state index contributed by atoms with van der Waals surface area (Å²) in [7, 11) is 0. The zero-order valence-corrected chi connectivity index (χ0v) is 18.0. The smallest absolute Gasteiger partial charge is 0.240 e. The molecule has 0 aliphatic carbocycles. The lowest BCUT2D eigenvalue weighted by atomic mass is 10.1. The summed E-state index contributed by atoms with van der Waals surface area (Å²) in [6.45, 7) is 9.93. The van der Waals surface area contributed by atoms with Gasteiger partial charge in [0.25, 0.3) is 0 Å². The highest BCUT2D eigenvalue weighted by Gasteiger charge is 2.34. The number of fused-ring (bicyclic) bond motifs is 1. The van der Waals surface area contributed by atoms with E-state index in [2.05, 4.69) is 30.5 Å². The third-order valence-corrected chi connectivity index (χ3v) is 6.99. The molecule has 2 aliphatic heterocycles. The summed E-state index contributed by atoms with van der Waals surface area (Å²) in [4.78, 5) is 20.1. The minimum Gasteiger partial charge on any atom is -0.376 e. The number of hydrogen-bond acceptors (Lipinski definition) is 4. The Balaban J connectivity index is 1.53. The lowest BCUT2D eigenvalue weighted by Gasteiger charge is -2.26. The molecule has 1 amide bonds. The zero-order valence-electron chi connectivity index (χ0n) is 17.1. The number of ether oxygens (including phenoxy) is 1. The van der Waals surface area contributed by atoms with Gasteiger partial charge in [-0.3, -0.25) is 4.79 Å². The summed E-state index contributed by atoms with van der Waals surface area (Å²) >= 11 is 1.57.